The van der Waals surface area contributed by atoms with Crippen LogP contribution in [0.4, 0.5) is 0 Å². The Hall–Kier alpha value is 0.950. The molecular weight excluding hydrogens is 1160 g/mol. The Morgan fingerprint density at radius 2 is 0.400 bits per heavy atom. The standard InChI is InChI=1S/C24H59O37P9/c1-22(16-25)17-58-67(37,38)53-12-8-49-63(29,30)45-4-5-47-65(33,34)51-10-14-55-69(41,42)60-20-24(3)21-61-70(43,44)56-15-11-52-66(35,36)48-7-6-46-64(31,32)50-9-13-54-68(39,40)59-19-23(2)18-57-62(26,27)28/h22-25H,4-21H2,1-3H3,(H,29,30)(H,31,32)(H,33,34)(H,35,36)(H,37,38)(H,39,40)(H,41,42)(H,43,44)(H2,26,27,28). The number of hydrogen-bond acceptors (Lipinski definition) is 27. The Morgan fingerprint density at radius 1 is 0.257 bits per heavy atom. The smallest absolute Gasteiger partial charge is 0.396 e. The lowest BCUT2D eigenvalue weighted by atomic mass is 10.2. The zero-order valence-electron chi connectivity index (χ0n) is 37.0. The molecule has 0 spiro atoms. The highest BCUT2D eigenvalue weighted by molar-refractivity contribution is 7.49. The van der Waals surface area contributed by atoms with Gasteiger partial charge in [0, 0.05) is 24.4 Å². The lowest BCUT2D eigenvalue weighted by Gasteiger charge is -2.18. The first-order chi connectivity index (χ1) is 31.9. The number of aliphatic hydroxyl groups is 1. The van der Waals surface area contributed by atoms with Crippen LogP contribution in [-0.4, -0.2) is 173 Å². The molecule has 0 amide bonds. The average Bonchev–Trinajstić information content (AvgIpc) is 3.23. The summed E-state index contributed by atoms with van der Waals surface area (Å²) in [6.45, 7) is -8.54. The molecule has 0 fully saturated rings. The van der Waals surface area contributed by atoms with Gasteiger partial charge in [0.2, 0.25) is 0 Å². The minimum Gasteiger partial charge on any atom is -0.396 e. The zero-order chi connectivity index (χ0) is 54.0. The van der Waals surface area contributed by atoms with Crippen molar-refractivity contribution in [2.75, 3.05) is 119 Å². The van der Waals surface area contributed by atoms with Gasteiger partial charge >= 0.3 is 70.4 Å². The van der Waals surface area contributed by atoms with Crippen LogP contribution in [0.15, 0.2) is 0 Å². The summed E-state index contributed by atoms with van der Waals surface area (Å²) in [7, 11) is -43.3. The van der Waals surface area contributed by atoms with Crippen molar-refractivity contribution in [1.82, 2.24) is 0 Å². The maximum atomic E-state index is 12.1. The highest BCUT2D eigenvalue weighted by atomic mass is 31.2. The third-order valence-electron chi connectivity index (χ3n) is 6.48. The average molecular weight is 1220 g/mol. The van der Waals surface area contributed by atoms with Crippen molar-refractivity contribution in [3.63, 3.8) is 0 Å². The van der Waals surface area contributed by atoms with Gasteiger partial charge < -0.3 is 54.0 Å². The molecule has 37 nitrogen and oxygen atoms in total. The van der Waals surface area contributed by atoms with Gasteiger partial charge in [0.05, 0.1) is 112 Å². The molecule has 0 aromatic carbocycles. The Kier molecular flexibility index (Phi) is 34.4. The van der Waals surface area contributed by atoms with E-state index in [2.05, 4.69) is 67.9 Å². The zero-order valence-corrected chi connectivity index (χ0v) is 45.1. The molecule has 46 heteroatoms. The molecule has 11 unspecified atom stereocenters. The first-order valence-electron chi connectivity index (χ1n) is 19.2. The van der Waals surface area contributed by atoms with E-state index in [4.69, 9.17) is 23.9 Å². The first kappa shape index (κ1) is 71.0. The molecule has 0 saturated carbocycles. The Morgan fingerprint density at radius 3 is 0.557 bits per heavy atom. The Bertz CT molecular complexity index is 1930. The van der Waals surface area contributed by atoms with Gasteiger partial charge in [-0.05, 0) is 0 Å². The fourth-order valence-corrected chi connectivity index (χ4v) is 9.87. The van der Waals surface area contributed by atoms with Gasteiger partial charge in [0.15, 0.2) is 0 Å². The summed E-state index contributed by atoms with van der Waals surface area (Å²) in [6, 6.07) is 0. The third-order valence-corrected chi connectivity index (χ3v) is 15.0. The summed E-state index contributed by atoms with van der Waals surface area (Å²) in [5.41, 5.74) is 0. The molecule has 0 rings (SSSR count). The van der Waals surface area contributed by atoms with Crippen LogP contribution in [0.5, 0.6) is 0 Å². The molecule has 70 heavy (non-hydrogen) atoms. The first-order valence-corrected chi connectivity index (χ1v) is 32.6. The quantitative estimate of drug-likeness (QED) is 0.0307. The monoisotopic (exact) mass is 1220 g/mol. The van der Waals surface area contributed by atoms with Crippen LogP contribution in [0, 0.1) is 17.8 Å². The topological polar surface area (TPSA) is 533 Å². The van der Waals surface area contributed by atoms with Gasteiger partial charge in [0.25, 0.3) is 0 Å². The van der Waals surface area contributed by atoms with Crippen molar-refractivity contribution in [3.8, 4) is 0 Å². The highest BCUT2D eigenvalue weighted by Crippen LogP contribution is 2.50. The largest absolute Gasteiger partial charge is 0.472 e. The second-order valence-corrected chi connectivity index (χ2v) is 26.1. The summed E-state index contributed by atoms with van der Waals surface area (Å²) >= 11 is 0. The van der Waals surface area contributed by atoms with E-state index < -0.39 is 194 Å². The Labute approximate surface area is 399 Å². The number of rotatable bonds is 46. The number of hydrogen-bond donors (Lipinski definition) is 11. The minimum absolute atomic E-state index is 0.320. The van der Waals surface area contributed by atoms with Crippen molar-refractivity contribution in [3.05, 3.63) is 0 Å². The van der Waals surface area contributed by atoms with Gasteiger partial charge in [-0.15, -0.1) is 0 Å². The summed E-state index contributed by atoms with van der Waals surface area (Å²) in [5.74, 6) is -2.14. The van der Waals surface area contributed by atoms with E-state index in [-0.39, 0.29) is 13.2 Å². The SMILES string of the molecule is CC(CO)COP(=O)(O)OCCOP(=O)(O)OCCOP(=O)(O)OCCOP(=O)(O)OCC(C)COP(=O)(O)OCCOP(=O)(O)OCCOP(=O)(O)OCCOP(=O)(O)OCC(C)COP(=O)(O)O. The molecule has 0 radical (unpaired) electrons. The normalized spacial score (nSPS) is 20.8. The van der Waals surface area contributed by atoms with Crippen molar-refractivity contribution < 1.29 is 172 Å². The van der Waals surface area contributed by atoms with Crippen LogP contribution in [0.3, 0.4) is 0 Å². The Balaban J connectivity index is 4.28. The van der Waals surface area contributed by atoms with Crippen LogP contribution in [0.2, 0.25) is 0 Å². The van der Waals surface area contributed by atoms with Crippen LogP contribution in [-0.2, 0) is 118 Å². The lowest BCUT2D eigenvalue weighted by molar-refractivity contribution is 0.0699. The van der Waals surface area contributed by atoms with Gasteiger partial charge in [0.1, 0.15) is 0 Å². The second-order valence-electron chi connectivity index (χ2n) is 13.2. The predicted molar refractivity (Wildman–Crippen MR) is 226 cm³/mol. The molecule has 0 aliphatic carbocycles. The maximum Gasteiger partial charge on any atom is 0.472 e. The van der Waals surface area contributed by atoms with Crippen LogP contribution in [0.25, 0.3) is 0 Å². The summed E-state index contributed by atoms with van der Waals surface area (Å²) in [4.78, 5) is 94.7. The van der Waals surface area contributed by atoms with Crippen molar-refractivity contribution in [1.29, 1.82) is 0 Å². The number of aliphatic hydroxyl groups excluding tert-OH is 1. The van der Waals surface area contributed by atoms with Gasteiger partial charge in [-0.3, -0.25) is 76.9 Å². The van der Waals surface area contributed by atoms with Gasteiger partial charge in [-0.1, -0.05) is 20.8 Å². The summed E-state index contributed by atoms with van der Waals surface area (Å²) < 4.78 is 183. The number of phosphoric acid groups is 9. The fraction of sp³-hybridized carbons (Fsp3) is 1.00. The molecule has 422 valence electrons. The van der Waals surface area contributed by atoms with Crippen molar-refractivity contribution in [2.45, 2.75) is 20.8 Å². The molecular formula is C24H59O37P9. The third kappa shape index (κ3) is 42.1. The molecule has 0 aliphatic rings. The van der Waals surface area contributed by atoms with Crippen LogP contribution < -0.4 is 0 Å². The maximum absolute atomic E-state index is 12.1. The number of phosphoric ester groups is 9. The van der Waals surface area contributed by atoms with E-state index in [9.17, 15) is 80.2 Å². The summed E-state index contributed by atoms with van der Waals surface area (Å²) in [6.07, 6.45) is 0. The predicted octanol–water partition coefficient (Wildman–Crippen LogP) is 2.07. The minimum atomic E-state index is -4.91. The van der Waals surface area contributed by atoms with E-state index in [1.807, 2.05) is 0 Å². The highest BCUT2D eigenvalue weighted by Gasteiger charge is 2.31. The van der Waals surface area contributed by atoms with E-state index in [1.165, 1.54) is 20.8 Å². The van der Waals surface area contributed by atoms with Crippen molar-refractivity contribution >= 4 is 70.4 Å². The summed E-state index contributed by atoms with van der Waals surface area (Å²) in [5, 5.41) is 8.89. The van der Waals surface area contributed by atoms with Crippen LogP contribution in [0.1, 0.15) is 20.8 Å². The van der Waals surface area contributed by atoms with E-state index in [0.29, 0.717) is 0 Å². The molecule has 0 aromatic heterocycles. The molecule has 0 aliphatic heterocycles. The molecule has 0 saturated heterocycles. The van der Waals surface area contributed by atoms with E-state index >= 15 is 0 Å². The molecule has 0 heterocycles. The molecule has 11 N–H and O–H groups in total. The van der Waals surface area contributed by atoms with Gasteiger partial charge in [-0.25, -0.2) is 41.1 Å². The van der Waals surface area contributed by atoms with E-state index in [1.54, 1.807) is 0 Å². The fourth-order valence-electron chi connectivity index (χ4n) is 3.39. The van der Waals surface area contributed by atoms with Gasteiger partial charge in [-0.2, -0.15) is 0 Å². The second kappa shape index (κ2) is 34.0. The molecule has 11 atom stereocenters. The van der Waals surface area contributed by atoms with E-state index in [0.717, 1.165) is 0 Å². The lowest BCUT2D eigenvalue weighted by Crippen LogP contribution is -2.14. The van der Waals surface area contributed by atoms with Crippen LogP contribution >= 0.6 is 70.4 Å². The molecule has 0 bridgehead atoms. The molecule has 0 aromatic rings. The van der Waals surface area contributed by atoms with Crippen molar-refractivity contribution in [2.24, 2.45) is 17.8 Å².